The van der Waals surface area contributed by atoms with Crippen LogP contribution in [-0.4, -0.2) is 25.1 Å². The number of fused-ring (bicyclic) bond motifs is 1. The summed E-state index contributed by atoms with van der Waals surface area (Å²) in [5.74, 6) is 0.0284. The number of carbonyl (C=O) groups excluding carboxylic acids is 1. The van der Waals surface area contributed by atoms with Crippen LogP contribution in [-0.2, 0) is 17.9 Å². The quantitative estimate of drug-likeness (QED) is 0.484. The molecule has 0 saturated carbocycles. The van der Waals surface area contributed by atoms with Gasteiger partial charge >= 0.3 is 5.69 Å². The van der Waals surface area contributed by atoms with Gasteiger partial charge in [0, 0.05) is 29.0 Å². The standard InChI is InChI=1S/C22H21ClN6O2/c1-14-5-3-4-6-18(14)26-21-25-15(2)11-19-27-28(22(31)29(19)21)13-20(30)24-12-16-7-9-17(23)10-8-16/h3-11H,12-13H2,1-2H3,(H,24,30)(H,25,26). The minimum atomic E-state index is -0.444. The Morgan fingerprint density at radius 1 is 1.10 bits per heavy atom. The third-order valence-electron chi connectivity index (χ3n) is 4.78. The van der Waals surface area contributed by atoms with Crippen molar-refractivity contribution in [1.29, 1.82) is 0 Å². The van der Waals surface area contributed by atoms with E-state index < -0.39 is 5.69 Å². The molecule has 0 aliphatic heterocycles. The van der Waals surface area contributed by atoms with E-state index in [4.69, 9.17) is 11.6 Å². The third-order valence-corrected chi connectivity index (χ3v) is 5.04. The highest BCUT2D eigenvalue weighted by Crippen LogP contribution is 2.19. The van der Waals surface area contributed by atoms with Gasteiger partial charge in [0.2, 0.25) is 11.9 Å². The molecule has 0 unspecified atom stereocenters. The van der Waals surface area contributed by atoms with Gasteiger partial charge < -0.3 is 10.6 Å². The maximum Gasteiger partial charge on any atom is 0.353 e. The molecule has 1 amide bonds. The van der Waals surface area contributed by atoms with Crippen molar-refractivity contribution >= 4 is 34.8 Å². The zero-order valence-electron chi connectivity index (χ0n) is 17.1. The van der Waals surface area contributed by atoms with E-state index in [-0.39, 0.29) is 12.5 Å². The van der Waals surface area contributed by atoms with Crippen LogP contribution < -0.4 is 16.3 Å². The maximum absolute atomic E-state index is 13.0. The molecule has 0 bridgehead atoms. The molecule has 4 rings (SSSR count). The number of rotatable bonds is 6. The number of para-hydroxylation sites is 1. The van der Waals surface area contributed by atoms with Crippen LogP contribution in [0.5, 0.6) is 0 Å². The molecule has 0 aliphatic rings. The SMILES string of the molecule is Cc1cc2nn(CC(=O)NCc3ccc(Cl)cc3)c(=O)n2c(Nc2ccccc2C)n1. The lowest BCUT2D eigenvalue weighted by Crippen LogP contribution is -2.32. The summed E-state index contributed by atoms with van der Waals surface area (Å²) in [4.78, 5) is 29.8. The van der Waals surface area contributed by atoms with Crippen molar-refractivity contribution in [3.8, 4) is 0 Å². The number of hydrogen-bond acceptors (Lipinski definition) is 5. The van der Waals surface area contributed by atoms with Crippen molar-refractivity contribution in [2.45, 2.75) is 26.9 Å². The number of carbonyl (C=O) groups is 1. The summed E-state index contributed by atoms with van der Waals surface area (Å²) in [6.45, 7) is 3.92. The first-order valence-electron chi connectivity index (χ1n) is 9.72. The molecule has 31 heavy (non-hydrogen) atoms. The molecule has 2 aromatic carbocycles. The summed E-state index contributed by atoms with van der Waals surface area (Å²) >= 11 is 5.88. The number of nitrogens with one attached hydrogen (secondary N) is 2. The van der Waals surface area contributed by atoms with E-state index in [1.54, 1.807) is 18.2 Å². The summed E-state index contributed by atoms with van der Waals surface area (Å²) in [5, 5.41) is 10.9. The first kappa shape index (κ1) is 20.6. The molecule has 4 aromatic rings. The lowest BCUT2D eigenvalue weighted by atomic mass is 10.2. The van der Waals surface area contributed by atoms with Crippen LogP contribution in [0.15, 0.2) is 59.4 Å². The third kappa shape index (κ3) is 4.59. The zero-order valence-corrected chi connectivity index (χ0v) is 17.8. The molecule has 0 spiro atoms. The maximum atomic E-state index is 13.0. The fourth-order valence-electron chi connectivity index (χ4n) is 3.17. The fourth-order valence-corrected chi connectivity index (χ4v) is 3.29. The first-order valence-corrected chi connectivity index (χ1v) is 10.1. The molecule has 9 heteroatoms. The normalized spacial score (nSPS) is 10.9. The van der Waals surface area contributed by atoms with E-state index in [2.05, 4.69) is 20.7 Å². The van der Waals surface area contributed by atoms with Gasteiger partial charge in [-0.15, -0.1) is 5.10 Å². The van der Waals surface area contributed by atoms with Crippen LogP contribution in [0.3, 0.4) is 0 Å². The number of amides is 1. The number of aryl methyl sites for hydroxylation is 2. The molecule has 0 saturated heterocycles. The molecule has 2 aromatic heterocycles. The smallest absolute Gasteiger partial charge is 0.350 e. The van der Waals surface area contributed by atoms with E-state index in [1.807, 2.05) is 50.2 Å². The van der Waals surface area contributed by atoms with Crippen LogP contribution >= 0.6 is 11.6 Å². The number of hydrogen-bond donors (Lipinski definition) is 2. The second-order valence-corrected chi connectivity index (χ2v) is 7.63. The van der Waals surface area contributed by atoms with Gasteiger partial charge in [0.05, 0.1) is 0 Å². The predicted octanol–water partition coefficient (Wildman–Crippen LogP) is 3.22. The largest absolute Gasteiger partial charge is 0.353 e. The second kappa shape index (κ2) is 8.61. The van der Waals surface area contributed by atoms with Gasteiger partial charge in [-0.3, -0.25) is 4.79 Å². The van der Waals surface area contributed by atoms with Gasteiger partial charge in [0.15, 0.2) is 5.65 Å². The van der Waals surface area contributed by atoms with Gasteiger partial charge in [-0.25, -0.2) is 18.9 Å². The van der Waals surface area contributed by atoms with Crippen molar-refractivity contribution in [3.63, 3.8) is 0 Å². The Hall–Kier alpha value is -3.65. The number of halogens is 1. The minimum absolute atomic E-state index is 0.197. The highest BCUT2D eigenvalue weighted by Gasteiger charge is 2.15. The van der Waals surface area contributed by atoms with Gasteiger partial charge in [-0.05, 0) is 43.2 Å². The van der Waals surface area contributed by atoms with Crippen LogP contribution in [0.25, 0.3) is 5.65 Å². The molecule has 0 fully saturated rings. The highest BCUT2D eigenvalue weighted by atomic mass is 35.5. The summed E-state index contributed by atoms with van der Waals surface area (Å²) in [7, 11) is 0. The van der Waals surface area contributed by atoms with Crippen molar-refractivity contribution in [1.82, 2.24) is 24.5 Å². The van der Waals surface area contributed by atoms with Crippen molar-refractivity contribution in [2.75, 3.05) is 5.32 Å². The molecule has 8 nitrogen and oxygen atoms in total. The summed E-state index contributed by atoms with van der Waals surface area (Å²) in [6, 6.07) is 16.6. The molecule has 2 heterocycles. The van der Waals surface area contributed by atoms with E-state index in [0.29, 0.717) is 28.9 Å². The molecular weight excluding hydrogens is 416 g/mol. The number of anilines is 2. The monoisotopic (exact) mass is 436 g/mol. The lowest BCUT2D eigenvalue weighted by Gasteiger charge is -2.10. The average Bonchev–Trinajstić information content (AvgIpc) is 3.04. The Labute approximate surface area is 183 Å². The van der Waals surface area contributed by atoms with Gasteiger partial charge in [-0.2, -0.15) is 0 Å². The van der Waals surface area contributed by atoms with E-state index >= 15 is 0 Å². The Balaban J connectivity index is 1.57. The Kier molecular flexibility index (Phi) is 5.73. The Morgan fingerprint density at radius 2 is 1.84 bits per heavy atom. The topological polar surface area (TPSA) is 93.3 Å². The zero-order chi connectivity index (χ0) is 22.0. The summed E-state index contributed by atoms with van der Waals surface area (Å²) in [5.41, 5.74) is 3.43. The molecular formula is C22H21ClN6O2. The van der Waals surface area contributed by atoms with Crippen molar-refractivity contribution < 1.29 is 4.79 Å². The fraction of sp³-hybridized carbons (Fsp3) is 0.182. The first-order chi connectivity index (χ1) is 14.9. The molecule has 158 valence electrons. The van der Waals surface area contributed by atoms with E-state index in [9.17, 15) is 9.59 Å². The highest BCUT2D eigenvalue weighted by molar-refractivity contribution is 6.30. The molecule has 0 aliphatic carbocycles. The molecule has 2 N–H and O–H groups in total. The molecule has 0 radical (unpaired) electrons. The predicted molar refractivity (Wildman–Crippen MR) is 120 cm³/mol. The number of nitrogens with zero attached hydrogens (tertiary/aromatic N) is 4. The summed E-state index contributed by atoms with van der Waals surface area (Å²) in [6.07, 6.45) is 0. The van der Waals surface area contributed by atoms with E-state index in [0.717, 1.165) is 21.5 Å². The number of aromatic nitrogens is 4. The van der Waals surface area contributed by atoms with Gasteiger partial charge in [-0.1, -0.05) is 41.9 Å². The van der Waals surface area contributed by atoms with E-state index in [1.165, 1.54) is 4.40 Å². The van der Waals surface area contributed by atoms with Crippen LogP contribution in [0.2, 0.25) is 5.02 Å². The van der Waals surface area contributed by atoms with Crippen LogP contribution in [0.1, 0.15) is 16.8 Å². The van der Waals surface area contributed by atoms with Gasteiger partial charge in [0.25, 0.3) is 0 Å². The minimum Gasteiger partial charge on any atom is -0.350 e. The van der Waals surface area contributed by atoms with Crippen LogP contribution in [0, 0.1) is 13.8 Å². The average molecular weight is 437 g/mol. The number of benzene rings is 2. The van der Waals surface area contributed by atoms with Crippen molar-refractivity contribution in [2.24, 2.45) is 0 Å². The van der Waals surface area contributed by atoms with Crippen LogP contribution in [0.4, 0.5) is 11.6 Å². The Bertz CT molecular complexity index is 1310. The molecule has 0 atom stereocenters. The van der Waals surface area contributed by atoms with Gasteiger partial charge in [0.1, 0.15) is 6.54 Å². The second-order valence-electron chi connectivity index (χ2n) is 7.20. The Morgan fingerprint density at radius 3 is 2.58 bits per heavy atom. The summed E-state index contributed by atoms with van der Waals surface area (Å²) < 4.78 is 2.50. The lowest BCUT2D eigenvalue weighted by molar-refractivity contribution is -0.122. The van der Waals surface area contributed by atoms with Crippen molar-refractivity contribution in [3.05, 3.63) is 86.9 Å².